The molecule has 4 N–H and O–H groups in total. The number of carbonyl (C=O) groups is 1. The first-order valence-electron chi connectivity index (χ1n) is 11.2. The summed E-state index contributed by atoms with van der Waals surface area (Å²) in [6.07, 6.45) is 23.8. The fourth-order valence-corrected chi connectivity index (χ4v) is 3.39. The maximum Gasteiger partial charge on any atom is 0.0470 e. The normalized spacial score (nSPS) is 11.3. The zero-order valence-corrected chi connectivity index (χ0v) is 18.5. The first-order valence-corrected chi connectivity index (χ1v) is 11.2. The van der Waals surface area contributed by atoms with Gasteiger partial charge >= 0.3 is 0 Å². The van der Waals surface area contributed by atoms with Gasteiger partial charge < -0.3 is 16.1 Å². The van der Waals surface area contributed by atoms with Crippen molar-refractivity contribution >= 4 is 5.97 Å². The highest BCUT2D eigenvalue weighted by atomic mass is 16.4. The van der Waals surface area contributed by atoms with Crippen LogP contribution in [0.2, 0.25) is 0 Å². The molecule has 3 heteroatoms. The smallest absolute Gasteiger partial charge is 0.0470 e. The van der Waals surface area contributed by atoms with Crippen molar-refractivity contribution in [2.24, 2.45) is 5.41 Å². The second-order valence-electron chi connectivity index (χ2n) is 8.58. The summed E-state index contributed by atoms with van der Waals surface area (Å²) in [4.78, 5) is 10.9. The molecule has 0 aromatic rings. The Balaban J connectivity index is 0. The highest BCUT2D eigenvalue weighted by Crippen LogP contribution is 2.23. The summed E-state index contributed by atoms with van der Waals surface area (Å²) in [5.41, 5.74) is -0.657. The summed E-state index contributed by atoms with van der Waals surface area (Å²) in [6, 6.07) is 0. The molecular formula is C23H49NO2. The maximum atomic E-state index is 10.9. The molecule has 0 saturated heterocycles. The summed E-state index contributed by atoms with van der Waals surface area (Å²) in [5.74, 6) is -0.913. The van der Waals surface area contributed by atoms with Gasteiger partial charge in [0.15, 0.2) is 0 Å². The van der Waals surface area contributed by atoms with Crippen molar-refractivity contribution in [3.63, 3.8) is 0 Å². The van der Waals surface area contributed by atoms with Gasteiger partial charge in [0.1, 0.15) is 0 Å². The van der Waals surface area contributed by atoms with Crippen LogP contribution in [0.25, 0.3) is 0 Å². The highest BCUT2D eigenvalue weighted by molar-refractivity contribution is 5.71. The van der Waals surface area contributed by atoms with Crippen LogP contribution in [0.5, 0.6) is 0 Å². The molecule has 0 aliphatic heterocycles. The quantitative estimate of drug-likeness (QED) is 0.244. The number of rotatable bonds is 19. The Morgan fingerprint density at radius 2 is 0.885 bits per heavy atom. The van der Waals surface area contributed by atoms with E-state index >= 15 is 0 Å². The van der Waals surface area contributed by atoms with Crippen molar-refractivity contribution in [1.29, 1.82) is 0 Å². The molecule has 0 aromatic heterocycles. The summed E-state index contributed by atoms with van der Waals surface area (Å²) >= 11 is 0. The lowest BCUT2D eigenvalue weighted by atomic mass is 9.87. The summed E-state index contributed by atoms with van der Waals surface area (Å²) in [5, 5.41) is 10.9. The van der Waals surface area contributed by atoms with Crippen LogP contribution in [-0.2, 0) is 4.79 Å². The summed E-state index contributed by atoms with van der Waals surface area (Å²) < 4.78 is 0. The Morgan fingerprint density at radius 1 is 0.615 bits per heavy atom. The Morgan fingerprint density at radius 3 is 1.15 bits per heavy atom. The maximum absolute atomic E-state index is 10.9. The molecular weight excluding hydrogens is 322 g/mol. The molecule has 0 atom stereocenters. The molecule has 0 rings (SSSR count). The van der Waals surface area contributed by atoms with Gasteiger partial charge in [0, 0.05) is 11.4 Å². The lowest BCUT2D eigenvalue weighted by molar-refractivity contribution is -0.317. The van der Waals surface area contributed by atoms with Crippen LogP contribution in [-0.4, -0.2) is 5.97 Å². The topological polar surface area (TPSA) is 76.6 Å². The Bertz CT molecular complexity index is 303. The molecule has 0 radical (unpaired) electrons. The average molecular weight is 372 g/mol. The van der Waals surface area contributed by atoms with Crippen molar-refractivity contribution in [2.75, 3.05) is 0 Å². The zero-order valence-electron chi connectivity index (χ0n) is 18.5. The third-order valence-electron chi connectivity index (χ3n) is 5.46. The first kappa shape index (κ1) is 27.6. The van der Waals surface area contributed by atoms with Gasteiger partial charge in [-0.15, -0.1) is 0 Å². The predicted octanol–water partition coefficient (Wildman–Crippen LogP) is 7.18. The third-order valence-corrected chi connectivity index (χ3v) is 5.46. The predicted molar refractivity (Wildman–Crippen MR) is 114 cm³/mol. The van der Waals surface area contributed by atoms with Crippen LogP contribution >= 0.6 is 0 Å². The molecule has 0 amide bonds. The molecule has 0 heterocycles. The van der Waals surface area contributed by atoms with Crippen molar-refractivity contribution in [3.8, 4) is 0 Å². The molecule has 26 heavy (non-hydrogen) atoms. The SMILES string of the molecule is CCCCCCCCCCCCCCCCCCCC(C)(C)C(=O)[O-].[NH4+]. The van der Waals surface area contributed by atoms with Gasteiger partial charge in [-0.1, -0.05) is 130 Å². The molecule has 0 saturated carbocycles. The molecule has 0 unspecified atom stereocenters. The molecule has 0 aliphatic rings. The second kappa shape index (κ2) is 19.2. The highest BCUT2D eigenvalue weighted by Gasteiger charge is 2.18. The van der Waals surface area contributed by atoms with Gasteiger partial charge in [0.25, 0.3) is 0 Å². The fraction of sp³-hybridized carbons (Fsp3) is 0.957. The van der Waals surface area contributed by atoms with Gasteiger partial charge in [0.05, 0.1) is 0 Å². The minimum absolute atomic E-state index is 0. The number of hydrogen-bond acceptors (Lipinski definition) is 2. The molecule has 158 valence electrons. The molecule has 0 aromatic carbocycles. The number of aliphatic carboxylic acids is 1. The van der Waals surface area contributed by atoms with E-state index in [9.17, 15) is 9.90 Å². The molecule has 0 aliphatic carbocycles. The Labute approximate surface area is 164 Å². The lowest BCUT2D eigenvalue weighted by Gasteiger charge is -2.25. The number of carbonyl (C=O) groups excluding carboxylic acids is 1. The van der Waals surface area contributed by atoms with Crippen molar-refractivity contribution in [1.82, 2.24) is 6.15 Å². The first-order chi connectivity index (χ1) is 12.0. The second-order valence-corrected chi connectivity index (χ2v) is 8.58. The number of quaternary nitrogens is 1. The molecule has 3 nitrogen and oxygen atoms in total. The van der Waals surface area contributed by atoms with Crippen LogP contribution in [0.1, 0.15) is 136 Å². The third kappa shape index (κ3) is 18.2. The zero-order chi connectivity index (χ0) is 18.8. The van der Waals surface area contributed by atoms with Crippen LogP contribution < -0.4 is 11.3 Å². The van der Waals surface area contributed by atoms with E-state index in [-0.39, 0.29) is 6.15 Å². The Hall–Kier alpha value is -0.570. The monoisotopic (exact) mass is 371 g/mol. The summed E-state index contributed by atoms with van der Waals surface area (Å²) in [7, 11) is 0. The number of hydrogen-bond donors (Lipinski definition) is 1. The van der Waals surface area contributed by atoms with Crippen LogP contribution in [0, 0.1) is 5.41 Å². The minimum Gasteiger partial charge on any atom is -0.550 e. The van der Waals surface area contributed by atoms with Crippen LogP contribution in [0.4, 0.5) is 0 Å². The van der Waals surface area contributed by atoms with E-state index in [2.05, 4.69) is 6.92 Å². The number of carboxylic acids is 1. The molecule has 0 spiro atoms. The summed E-state index contributed by atoms with van der Waals surface area (Å²) in [6.45, 7) is 5.82. The van der Waals surface area contributed by atoms with Crippen LogP contribution in [0.15, 0.2) is 0 Å². The van der Waals surface area contributed by atoms with E-state index < -0.39 is 11.4 Å². The van der Waals surface area contributed by atoms with Gasteiger partial charge in [-0.3, -0.25) is 0 Å². The van der Waals surface area contributed by atoms with E-state index in [1.54, 1.807) is 13.8 Å². The van der Waals surface area contributed by atoms with Gasteiger partial charge in [-0.25, -0.2) is 0 Å². The Kier molecular flexibility index (Phi) is 20.4. The molecule has 0 fully saturated rings. The van der Waals surface area contributed by atoms with E-state index in [1.165, 1.54) is 96.3 Å². The van der Waals surface area contributed by atoms with Crippen molar-refractivity contribution < 1.29 is 9.90 Å². The van der Waals surface area contributed by atoms with Crippen LogP contribution in [0.3, 0.4) is 0 Å². The van der Waals surface area contributed by atoms with Gasteiger partial charge in [-0.05, 0) is 6.42 Å². The molecule has 0 bridgehead atoms. The minimum atomic E-state index is -0.913. The largest absolute Gasteiger partial charge is 0.550 e. The number of unbranched alkanes of at least 4 members (excludes halogenated alkanes) is 16. The average Bonchev–Trinajstić information content (AvgIpc) is 2.57. The fourth-order valence-electron chi connectivity index (χ4n) is 3.39. The number of carboxylic acid groups (broad SMARTS) is 1. The standard InChI is InChI=1S/C23H46O2.H3N/c1-4-5-6-7-8-9-10-11-12-13-14-15-16-17-18-19-20-21-23(2,3)22(24)25;/h4-21H2,1-3H3,(H,24,25);1H3. The van der Waals surface area contributed by atoms with Crippen molar-refractivity contribution in [2.45, 2.75) is 136 Å². The van der Waals surface area contributed by atoms with Gasteiger partial charge in [-0.2, -0.15) is 0 Å². The van der Waals surface area contributed by atoms with E-state index in [4.69, 9.17) is 0 Å². The van der Waals surface area contributed by atoms with Gasteiger partial charge in [0.2, 0.25) is 0 Å². The van der Waals surface area contributed by atoms with E-state index in [0.29, 0.717) is 0 Å². The lowest BCUT2D eigenvalue weighted by Crippen LogP contribution is -2.37. The van der Waals surface area contributed by atoms with E-state index in [0.717, 1.165) is 19.3 Å². The van der Waals surface area contributed by atoms with E-state index in [1.807, 2.05) is 0 Å². The van der Waals surface area contributed by atoms with Crippen molar-refractivity contribution in [3.05, 3.63) is 0 Å².